The molecule has 5 rings (SSSR count). The standard InChI is InChI=1S/C23H24N2/c1-16-7-10-22-20(13-16)21-15-24(2)12-11-23(21)25(22)14-18-9-8-17-5-3-4-6-19(17)18/h3-7,10,13-14H,8-9,11-12,15H2,1-2H3/b18-14-. The Morgan fingerprint density at radius 3 is 2.80 bits per heavy atom. The van der Waals surface area contributed by atoms with Crippen LogP contribution in [0.2, 0.25) is 0 Å². The highest BCUT2D eigenvalue weighted by molar-refractivity contribution is 5.91. The fourth-order valence-electron chi connectivity index (χ4n) is 4.53. The highest BCUT2D eigenvalue weighted by atomic mass is 15.1. The number of hydrogen-bond donors (Lipinski definition) is 0. The maximum atomic E-state index is 2.49. The molecule has 0 atom stereocenters. The molecular weight excluding hydrogens is 304 g/mol. The maximum absolute atomic E-state index is 2.49. The minimum Gasteiger partial charge on any atom is -0.320 e. The third-order valence-electron chi connectivity index (χ3n) is 5.85. The van der Waals surface area contributed by atoms with Crippen LogP contribution in [0.25, 0.3) is 22.7 Å². The number of aromatic nitrogens is 1. The number of allylic oxidation sites excluding steroid dienone is 1. The monoisotopic (exact) mass is 328 g/mol. The summed E-state index contributed by atoms with van der Waals surface area (Å²) in [6, 6.07) is 15.8. The summed E-state index contributed by atoms with van der Waals surface area (Å²) in [6.07, 6.45) is 5.88. The minimum atomic E-state index is 1.06. The molecule has 0 bridgehead atoms. The first-order valence-electron chi connectivity index (χ1n) is 9.30. The summed E-state index contributed by atoms with van der Waals surface area (Å²) >= 11 is 0. The Hall–Kier alpha value is -2.32. The molecule has 2 heteroatoms. The van der Waals surface area contributed by atoms with Crippen LogP contribution in [0.4, 0.5) is 0 Å². The van der Waals surface area contributed by atoms with Crippen LogP contribution in [0.1, 0.15) is 34.4 Å². The molecule has 0 N–H and O–H groups in total. The number of fused-ring (bicyclic) bond motifs is 4. The van der Waals surface area contributed by atoms with Crippen molar-refractivity contribution >= 4 is 22.7 Å². The first-order chi connectivity index (χ1) is 12.2. The van der Waals surface area contributed by atoms with Gasteiger partial charge in [0.15, 0.2) is 0 Å². The Bertz CT molecular complexity index is 1010. The first kappa shape index (κ1) is 15.0. The van der Waals surface area contributed by atoms with Gasteiger partial charge in [-0.1, -0.05) is 35.9 Å². The molecule has 25 heavy (non-hydrogen) atoms. The average Bonchev–Trinajstić information content (AvgIpc) is 3.15. The number of hydrogen-bond acceptors (Lipinski definition) is 1. The summed E-state index contributed by atoms with van der Waals surface area (Å²) in [6.45, 7) is 4.39. The van der Waals surface area contributed by atoms with Crippen LogP contribution >= 0.6 is 0 Å². The zero-order chi connectivity index (χ0) is 17.0. The summed E-state index contributed by atoms with van der Waals surface area (Å²) in [5.74, 6) is 0. The summed E-state index contributed by atoms with van der Waals surface area (Å²) < 4.78 is 2.49. The maximum Gasteiger partial charge on any atom is 0.0529 e. The molecule has 3 aromatic rings. The fourth-order valence-corrected chi connectivity index (χ4v) is 4.53. The van der Waals surface area contributed by atoms with E-state index in [9.17, 15) is 0 Å². The van der Waals surface area contributed by atoms with E-state index >= 15 is 0 Å². The quantitative estimate of drug-likeness (QED) is 0.618. The van der Waals surface area contributed by atoms with Crippen molar-refractivity contribution in [1.82, 2.24) is 9.47 Å². The van der Waals surface area contributed by atoms with Gasteiger partial charge >= 0.3 is 0 Å². The zero-order valence-electron chi connectivity index (χ0n) is 15.0. The lowest BCUT2D eigenvalue weighted by molar-refractivity contribution is 0.312. The molecule has 0 amide bonds. The largest absolute Gasteiger partial charge is 0.320 e. The predicted octanol–water partition coefficient (Wildman–Crippen LogP) is 4.88. The van der Waals surface area contributed by atoms with Crippen molar-refractivity contribution in [3.8, 4) is 0 Å². The molecule has 1 aromatic heterocycles. The van der Waals surface area contributed by atoms with E-state index in [1.807, 2.05) is 0 Å². The van der Waals surface area contributed by atoms with Crippen LogP contribution in [0.3, 0.4) is 0 Å². The summed E-state index contributed by atoms with van der Waals surface area (Å²) in [4.78, 5) is 2.44. The average molecular weight is 328 g/mol. The molecule has 0 radical (unpaired) electrons. The van der Waals surface area contributed by atoms with Gasteiger partial charge in [0.05, 0.1) is 5.52 Å². The second kappa shape index (κ2) is 5.60. The Morgan fingerprint density at radius 2 is 1.88 bits per heavy atom. The molecular formula is C23H24N2. The fraction of sp³-hybridized carbons (Fsp3) is 0.304. The SMILES string of the molecule is Cc1ccc2c(c1)c1c(n2/C=C2/CCc3ccccc32)CCN(C)C1. The lowest BCUT2D eigenvalue weighted by atomic mass is 10.0. The second-order valence-electron chi connectivity index (χ2n) is 7.62. The Kier molecular flexibility index (Phi) is 3.36. The van der Waals surface area contributed by atoms with Crippen LogP contribution in [-0.2, 0) is 19.4 Å². The van der Waals surface area contributed by atoms with E-state index in [4.69, 9.17) is 0 Å². The van der Waals surface area contributed by atoms with Gasteiger partial charge in [0, 0.05) is 36.8 Å². The van der Waals surface area contributed by atoms with Crippen molar-refractivity contribution in [2.24, 2.45) is 0 Å². The van der Waals surface area contributed by atoms with Crippen molar-refractivity contribution in [3.05, 3.63) is 70.4 Å². The molecule has 0 saturated heterocycles. The predicted molar refractivity (Wildman–Crippen MR) is 106 cm³/mol. The molecule has 0 spiro atoms. The van der Waals surface area contributed by atoms with E-state index in [0.29, 0.717) is 0 Å². The van der Waals surface area contributed by atoms with Gasteiger partial charge in [-0.05, 0) is 61.2 Å². The van der Waals surface area contributed by atoms with Gasteiger partial charge in [0.25, 0.3) is 0 Å². The van der Waals surface area contributed by atoms with E-state index in [0.717, 1.165) is 25.9 Å². The van der Waals surface area contributed by atoms with E-state index in [1.165, 1.54) is 50.8 Å². The van der Waals surface area contributed by atoms with Gasteiger partial charge in [-0.25, -0.2) is 0 Å². The highest BCUT2D eigenvalue weighted by Gasteiger charge is 2.23. The molecule has 1 aliphatic heterocycles. The van der Waals surface area contributed by atoms with Gasteiger partial charge in [-0.15, -0.1) is 0 Å². The Morgan fingerprint density at radius 1 is 1.00 bits per heavy atom. The van der Waals surface area contributed by atoms with Gasteiger partial charge < -0.3 is 9.47 Å². The van der Waals surface area contributed by atoms with Crippen LogP contribution < -0.4 is 0 Å². The molecule has 2 aliphatic rings. The van der Waals surface area contributed by atoms with E-state index in [-0.39, 0.29) is 0 Å². The topological polar surface area (TPSA) is 8.17 Å². The molecule has 2 aromatic carbocycles. The van der Waals surface area contributed by atoms with E-state index < -0.39 is 0 Å². The van der Waals surface area contributed by atoms with Crippen LogP contribution in [0, 0.1) is 6.92 Å². The first-order valence-corrected chi connectivity index (χ1v) is 9.30. The summed E-state index contributed by atoms with van der Waals surface area (Å²) in [5.41, 5.74) is 10.2. The van der Waals surface area contributed by atoms with Gasteiger partial charge in [-0.3, -0.25) is 0 Å². The normalized spacial score (nSPS) is 18.7. The third kappa shape index (κ3) is 2.36. The van der Waals surface area contributed by atoms with Crippen LogP contribution in [0.5, 0.6) is 0 Å². The van der Waals surface area contributed by atoms with Crippen molar-refractivity contribution in [2.75, 3.05) is 13.6 Å². The van der Waals surface area contributed by atoms with Gasteiger partial charge in [0.1, 0.15) is 0 Å². The van der Waals surface area contributed by atoms with Crippen LogP contribution in [0.15, 0.2) is 42.5 Å². The number of likely N-dealkylation sites (N-methyl/N-ethyl adjacent to an activating group) is 1. The smallest absolute Gasteiger partial charge is 0.0529 e. The Balaban J connectivity index is 1.74. The number of nitrogens with zero attached hydrogens (tertiary/aromatic N) is 2. The van der Waals surface area contributed by atoms with E-state index in [1.54, 1.807) is 0 Å². The van der Waals surface area contributed by atoms with Gasteiger partial charge in [-0.2, -0.15) is 0 Å². The summed E-state index contributed by atoms with van der Waals surface area (Å²) in [5, 5.41) is 1.43. The molecule has 1 aliphatic carbocycles. The number of aryl methyl sites for hydroxylation is 2. The molecule has 126 valence electrons. The van der Waals surface area contributed by atoms with Crippen molar-refractivity contribution < 1.29 is 0 Å². The molecule has 2 nitrogen and oxygen atoms in total. The lowest BCUT2D eigenvalue weighted by Gasteiger charge is -2.23. The van der Waals surface area contributed by atoms with Gasteiger partial charge in [0.2, 0.25) is 0 Å². The molecule has 2 heterocycles. The van der Waals surface area contributed by atoms with E-state index in [2.05, 4.69) is 72.1 Å². The number of rotatable bonds is 1. The van der Waals surface area contributed by atoms with Crippen molar-refractivity contribution in [3.63, 3.8) is 0 Å². The summed E-state index contributed by atoms with van der Waals surface area (Å²) in [7, 11) is 2.23. The molecule has 0 saturated carbocycles. The second-order valence-corrected chi connectivity index (χ2v) is 7.62. The third-order valence-corrected chi connectivity index (χ3v) is 5.85. The lowest BCUT2D eigenvalue weighted by Crippen LogP contribution is -2.26. The molecule has 0 fully saturated rings. The van der Waals surface area contributed by atoms with Crippen molar-refractivity contribution in [1.29, 1.82) is 0 Å². The van der Waals surface area contributed by atoms with Crippen molar-refractivity contribution in [2.45, 2.75) is 32.7 Å². The zero-order valence-corrected chi connectivity index (χ0v) is 15.0. The minimum absolute atomic E-state index is 1.06. The molecule has 0 unspecified atom stereocenters. The Labute approximate surface area is 149 Å². The highest BCUT2D eigenvalue weighted by Crippen LogP contribution is 2.36. The van der Waals surface area contributed by atoms with Crippen LogP contribution in [-0.4, -0.2) is 23.1 Å². The number of benzene rings is 2.